The molecule has 0 fully saturated rings. The van der Waals surface area contributed by atoms with E-state index in [-0.39, 0.29) is 23.9 Å². The summed E-state index contributed by atoms with van der Waals surface area (Å²) in [6, 6.07) is 15.9. The number of phenolic OH excluding ortho intramolecular Hbond substituents is 1. The van der Waals surface area contributed by atoms with Gasteiger partial charge in [0.15, 0.2) is 0 Å². The van der Waals surface area contributed by atoms with Crippen molar-refractivity contribution in [1.82, 2.24) is 0 Å². The van der Waals surface area contributed by atoms with E-state index in [0.717, 1.165) is 5.56 Å². The van der Waals surface area contributed by atoms with E-state index in [9.17, 15) is 14.7 Å². The van der Waals surface area contributed by atoms with Crippen molar-refractivity contribution in [1.29, 1.82) is 0 Å². The van der Waals surface area contributed by atoms with E-state index in [1.54, 1.807) is 17.0 Å². The molecule has 0 aliphatic heterocycles. The summed E-state index contributed by atoms with van der Waals surface area (Å²) >= 11 is 0. The summed E-state index contributed by atoms with van der Waals surface area (Å²) in [7, 11) is 0. The predicted octanol–water partition coefficient (Wildman–Crippen LogP) is 2.90. The lowest BCUT2D eigenvalue weighted by molar-refractivity contribution is -0.125. The number of amides is 1. The first kappa shape index (κ1) is 14.8. The molecule has 0 saturated heterocycles. The summed E-state index contributed by atoms with van der Waals surface area (Å²) in [5.41, 5.74) is 1.63. The molecule has 1 amide bonds. The number of hydrogen-bond acceptors (Lipinski definition) is 3. The van der Waals surface area contributed by atoms with Crippen LogP contribution in [0.25, 0.3) is 0 Å². The molecule has 2 rings (SSSR count). The third kappa shape index (κ3) is 4.18. The SMILES string of the molecule is CC(=O)CC(=O)N(Cc1ccccc1)c1ccc(O)cc1. The zero-order chi connectivity index (χ0) is 15.2. The Bertz CT molecular complexity index is 620. The van der Waals surface area contributed by atoms with E-state index < -0.39 is 0 Å². The lowest BCUT2D eigenvalue weighted by Gasteiger charge is -2.22. The Morgan fingerprint density at radius 3 is 2.19 bits per heavy atom. The van der Waals surface area contributed by atoms with Gasteiger partial charge in [0.2, 0.25) is 5.91 Å². The van der Waals surface area contributed by atoms with Crippen molar-refractivity contribution < 1.29 is 14.7 Å². The quantitative estimate of drug-likeness (QED) is 0.858. The van der Waals surface area contributed by atoms with Crippen LogP contribution < -0.4 is 4.90 Å². The predicted molar refractivity (Wildman–Crippen MR) is 81.0 cm³/mol. The molecule has 2 aromatic carbocycles. The number of anilines is 1. The Balaban J connectivity index is 2.27. The van der Waals surface area contributed by atoms with Crippen molar-refractivity contribution >= 4 is 17.4 Å². The van der Waals surface area contributed by atoms with Crippen LogP contribution in [0.5, 0.6) is 5.75 Å². The molecule has 1 N–H and O–H groups in total. The van der Waals surface area contributed by atoms with Gasteiger partial charge in [0.25, 0.3) is 0 Å². The lowest BCUT2D eigenvalue weighted by atomic mass is 10.1. The number of Topliss-reactive ketones (excluding diaryl/α,β-unsaturated/α-hetero) is 1. The number of carbonyl (C=O) groups excluding carboxylic acids is 2. The zero-order valence-corrected chi connectivity index (χ0v) is 11.8. The molecule has 0 heterocycles. The van der Waals surface area contributed by atoms with Gasteiger partial charge in [0.05, 0.1) is 13.0 Å². The minimum atomic E-state index is -0.253. The Kier molecular flexibility index (Phi) is 4.72. The molecule has 0 saturated carbocycles. The fraction of sp³-hybridized carbons (Fsp3) is 0.176. The first-order valence-electron chi connectivity index (χ1n) is 6.69. The maximum absolute atomic E-state index is 12.3. The molecule has 4 heteroatoms. The smallest absolute Gasteiger partial charge is 0.234 e. The van der Waals surface area contributed by atoms with Crippen LogP contribution in [0.15, 0.2) is 54.6 Å². The first-order valence-corrected chi connectivity index (χ1v) is 6.69. The fourth-order valence-electron chi connectivity index (χ4n) is 2.03. The van der Waals surface area contributed by atoms with Gasteiger partial charge in [-0.1, -0.05) is 30.3 Å². The van der Waals surface area contributed by atoms with E-state index in [2.05, 4.69) is 0 Å². The Morgan fingerprint density at radius 2 is 1.62 bits per heavy atom. The monoisotopic (exact) mass is 283 g/mol. The molecule has 0 aromatic heterocycles. The third-order valence-corrected chi connectivity index (χ3v) is 3.05. The van der Waals surface area contributed by atoms with Gasteiger partial charge in [-0.3, -0.25) is 9.59 Å². The topological polar surface area (TPSA) is 57.6 Å². The number of nitrogens with zero attached hydrogens (tertiary/aromatic N) is 1. The van der Waals surface area contributed by atoms with Crippen LogP contribution in [0.4, 0.5) is 5.69 Å². The Morgan fingerprint density at radius 1 is 1.00 bits per heavy atom. The molecule has 4 nitrogen and oxygen atoms in total. The van der Waals surface area contributed by atoms with Gasteiger partial charge in [-0.15, -0.1) is 0 Å². The largest absolute Gasteiger partial charge is 0.508 e. The van der Waals surface area contributed by atoms with Gasteiger partial charge in [-0.25, -0.2) is 0 Å². The minimum Gasteiger partial charge on any atom is -0.508 e. The van der Waals surface area contributed by atoms with Crippen LogP contribution in [0.1, 0.15) is 18.9 Å². The summed E-state index contributed by atoms with van der Waals surface area (Å²) in [6.07, 6.45) is -0.131. The Hall–Kier alpha value is -2.62. The molecular formula is C17H17NO3. The van der Waals surface area contributed by atoms with Crippen LogP contribution in [-0.2, 0) is 16.1 Å². The van der Waals surface area contributed by atoms with Crippen LogP contribution in [0.3, 0.4) is 0 Å². The highest BCUT2D eigenvalue weighted by Crippen LogP contribution is 2.21. The number of ketones is 1. The molecule has 21 heavy (non-hydrogen) atoms. The number of rotatable bonds is 5. The summed E-state index contributed by atoms with van der Waals surface area (Å²) in [5.74, 6) is -0.286. The molecule has 2 aromatic rings. The minimum absolute atomic E-state index is 0.131. The number of aromatic hydroxyl groups is 1. The van der Waals surface area contributed by atoms with E-state index >= 15 is 0 Å². The van der Waals surface area contributed by atoms with Crippen LogP contribution in [-0.4, -0.2) is 16.8 Å². The van der Waals surface area contributed by atoms with Crippen molar-refractivity contribution in [2.45, 2.75) is 19.9 Å². The van der Waals surface area contributed by atoms with Gasteiger partial charge in [0, 0.05) is 5.69 Å². The summed E-state index contributed by atoms with van der Waals surface area (Å²) in [6.45, 7) is 1.78. The van der Waals surface area contributed by atoms with Gasteiger partial charge in [0.1, 0.15) is 11.5 Å². The molecule has 0 unspecified atom stereocenters. The van der Waals surface area contributed by atoms with E-state index in [4.69, 9.17) is 0 Å². The molecular weight excluding hydrogens is 266 g/mol. The standard InChI is InChI=1S/C17H17NO3/c1-13(19)11-17(21)18(12-14-5-3-2-4-6-14)15-7-9-16(20)10-8-15/h2-10,20H,11-12H2,1H3. The van der Waals surface area contributed by atoms with Gasteiger partial charge >= 0.3 is 0 Å². The second kappa shape index (κ2) is 6.70. The molecule has 0 atom stereocenters. The number of hydrogen-bond donors (Lipinski definition) is 1. The summed E-state index contributed by atoms with van der Waals surface area (Å²) in [4.78, 5) is 25.0. The molecule has 0 aliphatic carbocycles. The Labute approximate surface area is 123 Å². The van der Waals surface area contributed by atoms with Crippen LogP contribution >= 0.6 is 0 Å². The summed E-state index contributed by atoms with van der Waals surface area (Å²) in [5, 5.41) is 9.35. The number of carbonyl (C=O) groups is 2. The highest BCUT2D eigenvalue weighted by Gasteiger charge is 2.17. The molecule has 0 aliphatic rings. The zero-order valence-electron chi connectivity index (χ0n) is 11.8. The van der Waals surface area contributed by atoms with Crippen molar-refractivity contribution in [2.75, 3.05) is 4.90 Å². The molecule has 0 spiro atoms. The fourth-order valence-corrected chi connectivity index (χ4v) is 2.03. The van der Waals surface area contributed by atoms with Crippen molar-refractivity contribution in [3.05, 3.63) is 60.2 Å². The van der Waals surface area contributed by atoms with Gasteiger partial charge < -0.3 is 10.0 Å². The van der Waals surface area contributed by atoms with Gasteiger partial charge in [-0.2, -0.15) is 0 Å². The third-order valence-electron chi connectivity index (χ3n) is 3.05. The van der Waals surface area contributed by atoms with Crippen LogP contribution in [0.2, 0.25) is 0 Å². The van der Waals surface area contributed by atoms with Gasteiger partial charge in [-0.05, 0) is 36.8 Å². The maximum Gasteiger partial charge on any atom is 0.234 e. The van der Waals surface area contributed by atoms with Crippen molar-refractivity contribution in [2.24, 2.45) is 0 Å². The average Bonchev–Trinajstić information content (AvgIpc) is 2.46. The van der Waals surface area contributed by atoms with Crippen LogP contribution in [0, 0.1) is 0 Å². The van der Waals surface area contributed by atoms with E-state index in [1.165, 1.54) is 19.1 Å². The van der Waals surface area contributed by atoms with E-state index in [0.29, 0.717) is 12.2 Å². The highest BCUT2D eigenvalue weighted by molar-refractivity contribution is 6.04. The maximum atomic E-state index is 12.3. The second-order valence-electron chi connectivity index (χ2n) is 4.86. The highest BCUT2D eigenvalue weighted by atomic mass is 16.3. The first-order chi connectivity index (χ1) is 10.1. The van der Waals surface area contributed by atoms with Crippen molar-refractivity contribution in [3.63, 3.8) is 0 Å². The number of phenols is 1. The average molecular weight is 283 g/mol. The van der Waals surface area contributed by atoms with Crippen molar-refractivity contribution in [3.8, 4) is 5.75 Å². The normalized spacial score (nSPS) is 10.1. The molecule has 0 radical (unpaired) electrons. The number of benzene rings is 2. The summed E-state index contributed by atoms with van der Waals surface area (Å²) < 4.78 is 0. The molecule has 0 bridgehead atoms. The molecule has 108 valence electrons. The van der Waals surface area contributed by atoms with E-state index in [1.807, 2.05) is 30.3 Å². The second-order valence-corrected chi connectivity index (χ2v) is 4.86. The lowest BCUT2D eigenvalue weighted by Crippen LogP contribution is -2.31.